The van der Waals surface area contributed by atoms with Gasteiger partial charge in [-0.1, -0.05) is 232 Å². The van der Waals surface area contributed by atoms with Crippen LogP contribution in [0, 0.1) is 21.7 Å². The summed E-state index contributed by atoms with van der Waals surface area (Å²) in [6.45, 7) is 36.4. The van der Waals surface area contributed by atoms with Gasteiger partial charge in [0.25, 0.3) is 0 Å². The Morgan fingerprint density at radius 3 is 0.500 bits per heavy atom. The lowest BCUT2D eigenvalue weighted by molar-refractivity contribution is 0.366. The molecule has 0 saturated heterocycles. The molecule has 0 atom stereocenters. The van der Waals surface area contributed by atoms with Crippen LogP contribution in [-0.4, -0.2) is 0 Å². The molecule has 0 heterocycles. The minimum atomic E-state index is 0.485. The maximum Gasteiger partial charge on any atom is -0.0169 e. The van der Waals surface area contributed by atoms with E-state index < -0.39 is 0 Å². The molecule has 0 aliphatic rings. The molecule has 0 aliphatic heterocycles. The molecule has 0 amide bonds. The molecule has 0 fully saturated rings. The van der Waals surface area contributed by atoms with Gasteiger partial charge in [0.05, 0.1) is 0 Å². The van der Waals surface area contributed by atoms with Crippen LogP contribution in [0.1, 0.15) is 252 Å². The van der Waals surface area contributed by atoms with Crippen LogP contribution < -0.4 is 0 Å². The van der Waals surface area contributed by atoms with Crippen molar-refractivity contribution >= 4 is 0 Å². The fourth-order valence-electron chi connectivity index (χ4n) is 5.77. The van der Waals surface area contributed by atoms with Crippen molar-refractivity contribution in [2.45, 2.75) is 252 Å². The van der Waals surface area contributed by atoms with Crippen molar-refractivity contribution in [2.24, 2.45) is 21.7 Å². The third-order valence-electron chi connectivity index (χ3n) is 9.43. The van der Waals surface area contributed by atoms with E-state index in [1.54, 1.807) is 0 Å². The van der Waals surface area contributed by atoms with Gasteiger partial charge in [-0.2, -0.15) is 0 Å². The van der Waals surface area contributed by atoms with E-state index >= 15 is 0 Å². The highest BCUT2D eigenvalue weighted by Gasteiger charge is 2.10. The molecular formula is C62H112. The molecule has 0 aromatic carbocycles. The van der Waals surface area contributed by atoms with E-state index in [1.807, 2.05) is 0 Å². The Morgan fingerprint density at radius 2 is 0.355 bits per heavy atom. The molecule has 0 rings (SSSR count). The van der Waals surface area contributed by atoms with Crippen LogP contribution in [0.15, 0.2) is 122 Å². The summed E-state index contributed by atoms with van der Waals surface area (Å²) in [5, 5.41) is 0. The SMILES string of the molecule is CC/C=C/C/C=C/C/C=C/CCCC(C)(C)C.CC/C=C/C/C=C/CCCC(C)(C)C.CC/C=C\C/C=C\C/C=C\CCCC(C)(C)C.CC/C=C\C/C=C\CCCC(C)(C)C. The van der Waals surface area contributed by atoms with E-state index in [1.165, 1.54) is 77.0 Å². The summed E-state index contributed by atoms with van der Waals surface area (Å²) in [6, 6.07) is 0. The zero-order chi connectivity index (χ0) is 47.7. The predicted molar refractivity (Wildman–Crippen MR) is 293 cm³/mol. The van der Waals surface area contributed by atoms with Gasteiger partial charge in [-0.05, 0) is 163 Å². The Balaban J connectivity index is -0.000000363. The van der Waals surface area contributed by atoms with Crippen molar-refractivity contribution in [2.75, 3.05) is 0 Å². The summed E-state index contributed by atoms with van der Waals surface area (Å²) >= 11 is 0. The van der Waals surface area contributed by atoms with E-state index in [2.05, 4.69) is 232 Å². The lowest BCUT2D eigenvalue weighted by Gasteiger charge is -2.16. The van der Waals surface area contributed by atoms with E-state index in [4.69, 9.17) is 0 Å². The Morgan fingerprint density at radius 1 is 0.210 bits per heavy atom. The second kappa shape index (κ2) is 47.9. The quantitative estimate of drug-likeness (QED) is 0.0543. The van der Waals surface area contributed by atoms with Crippen LogP contribution in [0.3, 0.4) is 0 Å². The fraction of sp³-hybridized carbons (Fsp3) is 0.677. The Labute approximate surface area is 393 Å². The van der Waals surface area contributed by atoms with Gasteiger partial charge in [-0.25, -0.2) is 0 Å². The van der Waals surface area contributed by atoms with Crippen LogP contribution >= 0.6 is 0 Å². The Bertz CT molecular complexity index is 1090. The maximum atomic E-state index is 2.32. The molecule has 0 aliphatic carbocycles. The van der Waals surface area contributed by atoms with Crippen molar-refractivity contribution in [3.05, 3.63) is 122 Å². The van der Waals surface area contributed by atoms with Crippen molar-refractivity contribution in [3.63, 3.8) is 0 Å². The molecule has 0 N–H and O–H groups in total. The number of allylic oxidation sites excluding steroid dienone is 20. The molecular weight excluding hydrogens is 745 g/mol. The highest BCUT2D eigenvalue weighted by Crippen LogP contribution is 2.24. The monoisotopic (exact) mass is 857 g/mol. The highest BCUT2D eigenvalue weighted by molar-refractivity contribution is 4.98. The minimum Gasteiger partial charge on any atom is -0.0885 e. The number of unbranched alkanes of at least 4 members (excludes halogenated alkanes) is 4. The summed E-state index contributed by atoms with van der Waals surface area (Å²) in [7, 11) is 0. The summed E-state index contributed by atoms with van der Waals surface area (Å²) in [5.74, 6) is 0. The third kappa shape index (κ3) is 81.3. The van der Waals surface area contributed by atoms with Crippen molar-refractivity contribution in [1.29, 1.82) is 0 Å². The minimum absolute atomic E-state index is 0.485. The molecule has 0 spiro atoms. The molecule has 0 saturated carbocycles. The standard InChI is InChI=1S/2C17H30.2C14H26/c2*1-5-6-7-8-9-10-11-12-13-14-15-16-17(2,3)4;2*1-5-6-7-8-9-10-11-12-13-14(2,3)4/h2*6-7,9-10,12-13H,5,8,11,14-16H2,1-4H3;2*6-7,9-10H,5,8,11-13H2,1-4H3/b7-6+,10-9+,13-12+;7-6-,10-9-,13-12-;7-6+,10-9+;7-6-,10-9-. The van der Waals surface area contributed by atoms with Gasteiger partial charge in [0.15, 0.2) is 0 Å². The second-order valence-electron chi connectivity index (χ2n) is 21.6. The van der Waals surface area contributed by atoms with Gasteiger partial charge in [-0.15, -0.1) is 0 Å². The molecule has 0 aromatic rings. The summed E-state index contributed by atoms with van der Waals surface area (Å²) in [6.07, 6.45) is 71.7. The molecule has 0 radical (unpaired) electrons. The molecule has 0 unspecified atom stereocenters. The van der Waals surface area contributed by atoms with E-state index in [0.717, 1.165) is 64.2 Å². The first-order valence-electron chi connectivity index (χ1n) is 25.7. The van der Waals surface area contributed by atoms with Gasteiger partial charge in [0.1, 0.15) is 0 Å². The first-order chi connectivity index (χ1) is 29.2. The van der Waals surface area contributed by atoms with E-state index in [9.17, 15) is 0 Å². The third-order valence-corrected chi connectivity index (χ3v) is 9.43. The second-order valence-corrected chi connectivity index (χ2v) is 21.6. The number of hydrogen-bond acceptors (Lipinski definition) is 0. The summed E-state index contributed by atoms with van der Waals surface area (Å²) in [4.78, 5) is 0. The van der Waals surface area contributed by atoms with Crippen LogP contribution in [0.2, 0.25) is 0 Å². The first kappa shape index (κ1) is 66.0. The molecule has 62 heavy (non-hydrogen) atoms. The predicted octanol–water partition coefficient (Wildman–Crippen LogP) is 22.4. The topological polar surface area (TPSA) is 0 Å². The molecule has 0 bridgehead atoms. The maximum absolute atomic E-state index is 2.32. The van der Waals surface area contributed by atoms with Gasteiger partial charge in [0.2, 0.25) is 0 Å². The molecule has 0 nitrogen and oxygen atoms in total. The highest BCUT2D eigenvalue weighted by atomic mass is 14.2. The van der Waals surface area contributed by atoms with Crippen molar-refractivity contribution in [1.82, 2.24) is 0 Å². The largest absolute Gasteiger partial charge is 0.0885 e. The summed E-state index contributed by atoms with van der Waals surface area (Å²) < 4.78 is 0. The van der Waals surface area contributed by atoms with Crippen LogP contribution in [0.4, 0.5) is 0 Å². The normalized spacial score (nSPS) is 13.3. The Hall–Kier alpha value is -2.60. The van der Waals surface area contributed by atoms with Gasteiger partial charge in [0, 0.05) is 0 Å². The van der Waals surface area contributed by atoms with Crippen LogP contribution in [0.25, 0.3) is 0 Å². The average molecular weight is 858 g/mol. The zero-order valence-corrected chi connectivity index (χ0v) is 45.1. The fourth-order valence-corrected chi connectivity index (χ4v) is 5.77. The van der Waals surface area contributed by atoms with E-state index in [0.29, 0.717) is 21.7 Å². The summed E-state index contributed by atoms with van der Waals surface area (Å²) in [5.41, 5.74) is 1.96. The zero-order valence-electron chi connectivity index (χ0n) is 45.1. The van der Waals surface area contributed by atoms with Gasteiger partial charge in [-0.3, -0.25) is 0 Å². The average Bonchev–Trinajstić information content (AvgIpc) is 3.17. The lowest BCUT2D eigenvalue weighted by Crippen LogP contribution is -2.03. The first-order valence-corrected chi connectivity index (χ1v) is 25.7. The Kier molecular flexibility index (Phi) is 51.0. The van der Waals surface area contributed by atoms with Crippen LogP contribution in [0.5, 0.6) is 0 Å². The van der Waals surface area contributed by atoms with Crippen molar-refractivity contribution < 1.29 is 0 Å². The lowest BCUT2D eigenvalue weighted by atomic mass is 9.90. The number of hydrogen-bond donors (Lipinski definition) is 0. The smallest absolute Gasteiger partial charge is 0.0169 e. The molecule has 0 heteroatoms. The molecule has 360 valence electrons. The number of rotatable bonds is 28. The van der Waals surface area contributed by atoms with Crippen LogP contribution in [-0.2, 0) is 0 Å². The van der Waals surface area contributed by atoms with E-state index in [-0.39, 0.29) is 0 Å². The molecule has 0 aromatic heterocycles. The van der Waals surface area contributed by atoms with Gasteiger partial charge >= 0.3 is 0 Å². The van der Waals surface area contributed by atoms with Crippen molar-refractivity contribution in [3.8, 4) is 0 Å². The van der Waals surface area contributed by atoms with Gasteiger partial charge < -0.3 is 0 Å².